The number of rotatable bonds is 4. The van der Waals surface area contributed by atoms with E-state index in [1.54, 1.807) is 30.0 Å². The third-order valence-electron chi connectivity index (χ3n) is 4.44. The second kappa shape index (κ2) is 7.59. The van der Waals surface area contributed by atoms with E-state index in [-0.39, 0.29) is 11.8 Å². The van der Waals surface area contributed by atoms with Crippen molar-refractivity contribution in [1.82, 2.24) is 20.0 Å². The topological polar surface area (TPSA) is 78.5 Å². The molecule has 0 bridgehead atoms. The molecule has 2 amide bonds. The Kier molecular flexibility index (Phi) is 5.25. The van der Waals surface area contributed by atoms with Crippen molar-refractivity contribution >= 4 is 11.8 Å². The summed E-state index contributed by atoms with van der Waals surface area (Å²) in [6.45, 7) is 3.29. The number of fused-ring (bicyclic) bond motifs is 1. The maximum Gasteiger partial charge on any atom is 0.274 e. The van der Waals surface area contributed by atoms with Gasteiger partial charge in [-0.25, -0.2) is 0 Å². The van der Waals surface area contributed by atoms with Crippen molar-refractivity contribution in [2.24, 2.45) is 0 Å². The van der Waals surface area contributed by atoms with Gasteiger partial charge in [0.25, 0.3) is 5.91 Å². The molecule has 26 heavy (non-hydrogen) atoms. The maximum absolute atomic E-state index is 12.7. The lowest BCUT2D eigenvalue weighted by molar-refractivity contribution is -0.128. The molecule has 0 fully saturated rings. The molecule has 7 heteroatoms. The van der Waals surface area contributed by atoms with Gasteiger partial charge in [-0.15, -0.1) is 0 Å². The van der Waals surface area contributed by atoms with Gasteiger partial charge in [0.1, 0.15) is 18.1 Å². The molecule has 0 aliphatic carbocycles. The van der Waals surface area contributed by atoms with Crippen LogP contribution in [0.1, 0.15) is 33.7 Å². The Labute approximate surface area is 152 Å². The van der Waals surface area contributed by atoms with Gasteiger partial charge >= 0.3 is 0 Å². The molecule has 0 unspecified atom stereocenters. The summed E-state index contributed by atoms with van der Waals surface area (Å²) in [5.74, 6) is 0.780. The monoisotopic (exact) mass is 356 g/mol. The van der Waals surface area contributed by atoms with E-state index in [2.05, 4.69) is 10.2 Å². The molecule has 1 N–H and O–H groups in total. The molecule has 1 aliphatic rings. The molecular weight excluding hydrogens is 332 g/mol. The zero-order chi connectivity index (χ0) is 18.7. The number of ether oxygens (including phenoxy) is 1. The van der Waals surface area contributed by atoms with Crippen LogP contribution in [0.5, 0.6) is 5.75 Å². The summed E-state index contributed by atoms with van der Waals surface area (Å²) in [5, 5.41) is 6.87. The summed E-state index contributed by atoms with van der Waals surface area (Å²) in [6, 6.07) is 7.69. The first-order valence-corrected chi connectivity index (χ1v) is 8.70. The van der Waals surface area contributed by atoms with E-state index in [0.717, 1.165) is 22.6 Å². The quantitative estimate of drug-likeness (QED) is 0.906. The second-order valence-corrected chi connectivity index (χ2v) is 6.74. The molecule has 0 saturated heterocycles. The number of hydrogen-bond donors (Lipinski definition) is 1. The number of hydrogen-bond acceptors (Lipinski definition) is 4. The summed E-state index contributed by atoms with van der Waals surface area (Å²) < 4.78 is 5.79. The summed E-state index contributed by atoms with van der Waals surface area (Å²) in [6.07, 6.45) is 1.12. The number of benzene rings is 1. The van der Waals surface area contributed by atoms with Crippen LogP contribution < -0.4 is 4.74 Å². The molecule has 0 atom stereocenters. The van der Waals surface area contributed by atoms with Gasteiger partial charge in [0.15, 0.2) is 0 Å². The zero-order valence-electron chi connectivity index (χ0n) is 15.4. The first-order chi connectivity index (χ1) is 12.4. The fourth-order valence-electron chi connectivity index (χ4n) is 2.94. The van der Waals surface area contributed by atoms with Crippen molar-refractivity contribution in [2.45, 2.75) is 26.3 Å². The molecule has 2 aromatic rings. The predicted octanol–water partition coefficient (Wildman–Crippen LogP) is 1.77. The lowest BCUT2D eigenvalue weighted by Gasteiger charge is -2.18. The van der Waals surface area contributed by atoms with Crippen LogP contribution in [-0.2, 0) is 17.8 Å². The fourth-order valence-corrected chi connectivity index (χ4v) is 2.94. The highest BCUT2D eigenvalue weighted by Crippen LogP contribution is 2.25. The van der Waals surface area contributed by atoms with E-state index in [0.29, 0.717) is 38.2 Å². The Bertz CT molecular complexity index is 813. The summed E-state index contributed by atoms with van der Waals surface area (Å²) in [5.41, 5.74) is 3.29. The minimum absolute atomic E-state index is 0.0990. The van der Waals surface area contributed by atoms with E-state index >= 15 is 0 Å². The average molecular weight is 356 g/mol. The third kappa shape index (κ3) is 4.04. The number of carbonyl (C=O) groups is 2. The molecule has 1 aliphatic heterocycles. The number of nitrogens with one attached hydrogen (secondary N) is 1. The molecule has 0 spiro atoms. The standard InChI is InChI=1S/C19H24N4O3/c1-13-10-16(21-20-13)19(25)23-8-9-26-17-6-4-14(11-15(17)12-23)5-7-18(24)22(2)3/h4,6,10-11H,5,7-9,12H2,1-3H3,(H,20,21). The average Bonchev–Trinajstić information content (AvgIpc) is 2.94. The SMILES string of the molecule is Cc1cc(C(=O)N2CCOc3ccc(CCC(=O)N(C)C)cc3C2)n[nH]1. The predicted molar refractivity (Wildman–Crippen MR) is 97.0 cm³/mol. The number of carbonyl (C=O) groups excluding carboxylic acids is 2. The first kappa shape index (κ1) is 18.0. The number of amides is 2. The van der Waals surface area contributed by atoms with Crippen molar-refractivity contribution in [1.29, 1.82) is 0 Å². The van der Waals surface area contributed by atoms with Crippen LogP contribution >= 0.6 is 0 Å². The summed E-state index contributed by atoms with van der Waals surface area (Å²) in [7, 11) is 3.51. The van der Waals surface area contributed by atoms with Gasteiger partial charge in [-0.3, -0.25) is 14.7 Å². The second-order valence-electron chi connectivity index (χ2n) is 6.74. The number of nitrogens with zero attached hydrogens (tertiary/aromatic N) is 3. The van der Waals surface area contributed by atoms with E-state index < -0.39 is 0 Å². The van der Waals surface area contributed by atoms with Gasteiger partial charge in [0, 0.05) is 38.3 Å². The van der Waals surface area contributed by atoms with Gasteiger partial charge in [-0.1, -0.05) is 12.1 Å². The van der Waals surface area contributed by atoms with Crippen LogP contribution in [0.2, 0.25) is 0 Å². The molecule has 138 valence electrons. The summed E-state index contributed by atoms with van der Waals surface area (Å²) >= 11 is 0. The normalized spacial score (nSPS) is 13.6. The molecule has 1 aromatic carbocycles. The molecule has 0 saturated carbocycles. The highest BCUT2D eigenvalue weighted by Gasteiger charge is 2.23. The van der Waals surface area contributed by atoms with Crippen LogP contribution in [0.3, 0.4) is 0 Å². The lowest BCUT2D eigenvalue weighted by atomic mass is 10.0. The summed E-state index contributed by atoms with van der Waals surface area (Å²) in [4.78, 5) is 27.8. The smallest absolute Gasteiger partial charge is 0.274 e. The molecule has 7 nitrogen and oxygen atoms in total. The molecule has 2 heterocycles. The maximum atomic E-state index is 12.7. The van der Waals surface area contributed by atoms with Crippen molar-refractivity contribution in [3.05, 3.63) is 46.8 Å². The minimum Gasteiger partial charge on any atom is -0.491 e. The van der Waals surface area contributed by atoms with Crippen LogP contribution in [-0.4, -0.2) is 59.1 Å². The van der Waals surface area contributed by atoms with Gasteiger partial charge in [-0.2, -0.15) is 5.10 Å². The number of aromatic nitrogens is 2. The van der Waals surface area contributed by atoms with E-state index in [1.165, 1.54) is 0 Å². The van der Waals surface area contributed by atoms with Crippen LogP contribution in [0.15, 0.2) is 24.3 Å². The Morgan fingerprint density at radius 3 is 2.81 bits per heavy atom. The number of aryl methyl sites for hydroxylation is 2. The molecular formula is C19H24N4O3. The van der Waals surface area contributed by atoms with Gasteiger partial charge in [-0.05, 0) is 31.0 Å². The zero-order valence-corrected chi connectivity index (χ0v) is 15.4. The Morgan fingerprint density at radius 2 is 2.12 bits per heavy atom. The highest BCUT2D eigenvalue weighted by atomic mass is 16.5. The Balaban J connectivity index is 1.74. The molecule has 0 radical (unpaired) electrons. The lowest BCUT2D eigenvalue weighted by Crippen LogP contribution is -2.32. The number of aromatic amines is 1. The van der Waals surface area contributed by atoms with Crippen molar-refractivity contribution in [3.63, 3.8) is 0 Å². The van der Waals surface area contributed by atoms with Crippen molar-refractivity contribution in [3.8, 4) is 5.75 Å². The Hall–Kier alpha value is -2.83. The van der Waals surface area contributed by atoms with E-state index in [1.807, 2.05) is 25.1 Å². The van der Waals surface area contributed by atoms with Crippen LogP contribution in [0, 0.1) is 6.92 Å². The Morgan fingerprint density at radius 1 is 1.31 bits per heavy atom. The minimum atomic E-state index is -0.112. The highest BCUT2D eigenvalue weighted by molar-refractivity contribution is 5.92. The van der Waals surface area contributed by atoms with Gasteiger partial charge in [0.2, 0.25) is 5.91 Å². The van der Waals surface area contributed by atoms with Crippen LogP contribution in [0.4, 0.5) is 0 Å². The fraction of sp³-hybridized carbons (Fsp3) is 0.421. The molecule has 1 aromatic heterocycles. The van der Waals surface area contributed by atoms with Gasteiger partial charge < -0.3 is 14.5 Å². The van der Waals surface area contributed by atoms with E-state index in [4.69, 9.17) is 4.74 Å². The third-order valence-corrected chi connectivity index (χ3v) is 4.44. The van der Waals surface area contributed by atoms with Crippen LogP contribution in [0.25, 0.3) is 0 Å². The van der Waals surface area contributed by atoms with Crippen molar-refractivity contribution < 1.29 is 14.3 Å². The first-order valence-electron chi connectivity index (χ1n) is 8.70. The van der Waals surface area contributed by atoms with Gasteiger partial charge in [0.05, 0.1) is 6.54 Å². The van der Waals surface area contributed by atoms with E-state index in [9.17, 15) is 9.59 Å². The largest absolute Gasteiger partial charge is 0.491 e. The molecule has 3 rings (SSSR count). The van der Waals surface area contributed by atoms with Crippen molar-refractivity contribution in [2.75, 3.05) is 27.2 Å². The number of H-pyrrole nitrogens is 1.